The van der Waals surface area contributed by atoms with E-state index in [2.05, 4.69) is 5.32 Å². The number of halogens is 2. The highest BCUT2D eigenvalue weighted by Crippen LogP contribution is 2.32. The van der Waals surface area contributed by atoms with Gasteiger partial charge in [-0.15, -0.1) is 12.4 Å². The van der Waals surface area contributed by atoms with Gasteiger partial charge >= 0.3 is 0 Å². The highest BCUT2D eigenvalue weighted by Gasteiger charge is 2.24. The lowest BCUT2D eigenvalue weighted by atomic mass is 9.86. The number of benzene rings is 2. The summed E-state index contributed by atoms with van der Waals surface area (Å²) in [6.07, 6.45) is -0.521. The fourth-order valence-corrected chi connectivity index (χ4v) is 2.58. The summed E-state index contributed by atoms with van der Waals surface area (Å²) in [4.78, 5) is 0. The van der Waals surface area contributed by atoms with E-state index in [1.807, 2.05) is 61.6 Å². The first-order chi connectivity index (χ1) is 9.24. The first kappa shape index (κ1) is 17.0. The van der Waals surface area contributed by atoms with Gasteiger partial charge in [0.1, 0.15) is 0 Å². The quantitative estimate of drug-likeness (QED) is 0.886. The summed E-state index contributed by atoms with van der Waals surface area (Å²) < 4.78 is 0. The van der Waals surface area contributed by atoms with Crippen LogP contribution in [-0.2, 0) is 0 Å². The molecule has 2 N–H and O–H groups in total. The lowest BCUT2D eigenvalue weighted by molar-refractivity contribution is 0.156. The van der Waals surface area contributed by atoms with Crippen LogP contribution in [0.4, 0.5) is 0 Å². The highest BCUT2D eigenvalue weighted by atomic mass is 35.5. The van der Waals surface area contributed by atoms with Gasteiger partial charge in [-0.25, -0.2) is 0 Å². The Kier molecular flexibility index (Phi) is 7.03. The second kappa shape index (κ2) is 8.28. The Balaban J connectivity index is 0.00000200. The van der Waals surface area contributed by atoms with Crippen LogP contribution in [0.5, 0.6) is 0 Å². The predicted molar refractivity (Wildman–Crippen MR) is 86.9 cm³/mol. The molecule has 0 aromatic heterocycles. The van der Waals surface area contributed by atoms with Crippen molar-refractivity contribution in [1.29, 1.82) is 0 Å². The Bertz CT molecular complexity index is 519. The maximum atomic E-state index is 10.4. The van der Waals surface area contributed by atoms with Crippen molar-refractivity contribution >= 4 is 24.0 Å². The van der Waals surface area contributed by atoms with E-state index in [4.69, 9.17) is 11.6 Å². The molecule has 0 saturated carbocycles. The molecule has 108 valence electrons. The summed E-state index contributed by atoms with van der Waals surface area (Å²) in [5.74, 6) is -0.123. The van der Waals surface area contributed by atoms with Crippen LogP contribution in [0.25, 0.3) is 0 Å². The van der Waals surface area contributed by atoms with Crippen LogP contribution in [0.1, 0.15) is 17.0 Å². The largest absolute Gasteiger partial charge is 0.391 e. The molecule has 2 aromatic rings. The van der Waals surface area contributed by atoms with Crippen LogP contribution in [0.15, 0.2) is 54.6 Å². The summed E-state index contributed by atoms with van der Waals surface area (Å²) in [7, 11) is 1.83. The van der Waals surface area contributed by atoms with Gasteiger partial charge in [-0.2, -0.15) is 0 Å². The molecule has 0 aliphatic rings. The third-order valence-electron chi connectivity index (χ3n) is 3.20. The van der Waals surface area contributed by atoms with Gasteiger partial charge in [-0.05, 0) is 24.2 Å². The van der Waals surface area contributed by atoms with Crippen molar-refractivity contribution in [1.82, 2.24) is 5.32 Å². The molecule has 0 amide bonds. The number of nitrogens with one attached hydrogen (secondary N) is 1. The average Bonchev–Trinajstić information content (AvgIpc) is 2.43. The molecular weight excluding hydrogens is 293 g/mol. The molecule has 2 unspecified atom stereocenters. The molecule has 0 radical (unpaired) electrons. The summed E-state index contributed by atoms with van der Waals surface area (Å²) >= 11 is 6.28. The van der Waals surface area contributed by atoms with E-state index in [1.165, 1.54) is 0 Å². The van der Waals surface area contributed by atoms with Crippen molar-refractivity contribution < 1.29 is 5.11 Å². The van der Waals surface area contributed by atoms with Gasteiger partial charge in [0, 0.05) is 17.5 Å². The fraction of sp³-hybridized carbons (Fsp3) is 0.250. The number of hydrogen-bond acceptors (Lipinski definition) is 2. The van der Waals surface area contributed by atoms with Gasteiger partial charge in [0.2, 0.25) is 0 Å². The normalized spacial score (nSPS) is 13.3. The van der Waals surface area contributed by atoms with Gasteiger partial charge in [0.15, 0.2) is 0 Å². The van der Waals surface area contributed by atoms with Crippen LogP contribution >= 0.6 is 24.0 Å². The number of likely N-dealkylation sites (N-methyl/N-ethyl adjacent to an activating group) is 1. The summed E-state index contributed by atoms with van der Waals surface area (Å²) in [6.45, 7) is 0.519. The molecule has 2 nitrogen and oxygen atoms in total. The lowest BCUT2D eigenvalue weighted by Gasteiger charge is -2.24. The van der Waals surface area contributed by atoms with Crippen molar-refractivity contribution in [2.24, 2.45) is 0 Å². The van der Waals surface area contributed by atoms with Gasteiger partial charge < -0.3 is 10.4 Å². The fourth-order valence-electron chi connectivity index (χ4n) is 2.32. The standard InChI is InChI=1S/C16H18ClNO.ClH/c1-18-11-15(19)16(12-7-3-2-4-8-12)13-9-5-6-10-14(13)17;/h2-10,15-16,18-19H,11H2,1H3;1H. The maximum absolute atomic E-state index is 10.4. The van der Waals surface area contributed by atoms with Gasteiger partial charge in [-0.1, -0.05) is 60.1 Å². The minimum Gasteiger partial charge on any atom is -0.391 e. The molecule has 0 saturated heterocycles. The topological polar surface area (TPSA) is 32.3 Å². The lowest BCUT2D eigenvalue weighted by Crippen LogP contribution is -2.30. The third kappa shape index (κ3) is 3.97. The van der Waals surface area contributed by atoms with E-state index in [1.54, 1.807) is 0 Å². The predicted octanol–water partition coefficient (Wildman–Crippen LogP) is 3.47. The van der Waals surface area contributed by atoms with Crippen LogP contribution in [-0.4, -0.2) is 24.8 Å². The molecule has 0 bridgehead atoms. The van der Waals surface area contributed by atoms with E-state index in [-0.39, 0.29) is 18.3 Å². The zero-order valence-corrected chi connectivity index (χ0v) is 12.9. The van der Waals surface area contributed by atoms with Gasteiger partial charge in [0.05, 0.1) is 6.10 Å². The van der Waals surface area contributed by atoms with E-state index < -0.39 is 6.10 Å². The molecule has 0 heterocycles. The first-order valence-corrected chi connectivity index (χ1v) is 6.74. The second-order valence-corrected chi connectivity index (χ2v) is 4.94. The third-order valence-corrected chi connectivity index (χ3v) is 3.54. The molecule has 0 fully saturated rings. The SMILES string of the molecule is CNCC(O)C(c1ccccc1)c1ccccc1Cl.Cl. The molecule has 0 spiro atoms. The molecule has 2 atom stereocenters. The van der Waals surface area contributed by atoms with Crippen molar-refractivity contribution in [2.45, 2.75) is 12.0 Å². The number of rotatable bonds is 5. The van der Waals surface area contributed by atoms with Crippen molar-refractivity contribution in [3.8, 4) is 0 Å². The molecule has 0 aliphatic heterocycles. The maximum Gasteiger partial charge on any atom is 0.0773 e. The molecule has 2 aromatic carbocycles. The zero-order chi connectivity index (χ0) is 13.7. The van der Waals surface area contributed by atoms with E-state index in [0.717, 1.165) is 11.1 Å². The summed E-state index contributed by atoms with van der Waals surface area (Å²) in [5, 5.41) is 14.1. The molecule has 20 heavy (non-hydrogen) atoms. The summed E-state index contributed by atoms with van der Waals surface area (Å²) in [5.41, 5.74) is 2.02. The monoisotopic (exact) mass is 311 g/mol. The Morgan fingerprint density at radius 2 is 1.65 bits per heavy atom. The van der Waals surface area contributed by atoms with Crippen molar-refractivity contribution in [2.75, 3.05) is 13.6 Å². The Morgan fingerprint density at radius 3 is 2.25 bits per heavy atom. The van der Waals surface area contributed by atoms with Crippen LogP contribution in [0, 0.1) is 0 Å². The molecule has 2 rings (SSSR count). The average molecular weight is 312 g/mol. The van der Waals surface area contributed by atoms with E-state index in [0.29, 0.717) is 11.6 Å². The smallest absolute Gasteiger partial charge is 0.0773 e. The minimum absolute atomic E-state index is 0. The van der Waals surface area contributed by atoms with Crippen LogP contribution in [0.2, 0.25) is 5.02 Å². The van der Waals surface area contributed by atoms with Crippen LogP contribution in [0.3, 0.4) is 0 Å². The highest BCUT2D eigenvalue weighted by molar-refractivity contribution is 6.31. The van der Waals surface area contributed by atoms with Gasteiger partial charge in [-0.3, -0.25) is 0 Å². The van der Waals surface area contributed by atoms with E-state index in [9.17, 15) is 5.11 Å². The Labute approximate surface area is 131 Å². The van der Waals surface area contributed by atoms with Crippen LogP contribution < -0.4 is 5.32 Å². The number of aliphatic hydroxyl groups excluding tert-OH is 1. The Morgan fingerprint density at radius 1 is 1.05 bits per heavy atom. The molecule has 0 aliphatic carbocycles. The molecule has 4 heteroatoms. The first-order valence-electron chi connectivity index (χ1n) is 6.36. The second-order valence-electron chi connectivity index (χ2n) is 4.53. The van der Waals surface area contributed by atoms with Gasteiger partial charge in [0.25, 0.3) is 0 Å². The van der Waals surface area contributed by atoms with Crippen molar-refractivity contribution in [3.63, 3.8) is 0 Å². The van der Waals surface area contributed by atoms with E-state index >= 15 is 0 Å². The van der Waals surface area contributed by atoms with Crippen molar-refractivity contribution in [3.05, 3.63) is 70.7 Å². The zero-order valence-electron chi connectivity index (χ0n) is 11.3. The number of hydrogen-bond donors (Lipinski definition) is 2. The minimum atomic E-state index is -0.521. The molecular formula is C16H19Cl2NO. The summed E-state index contributed by atoms with van der Waals surface area (Å²) in [6, 6.07) is 17.6. The number of aliphatic hydroxyl groups is 1. The Hall–Kier alpha value is -1.06.